The molecule has 0 aromatic carbocycles. The zero-order chi connectivity index (χ0) is 16.2. The normalized spacial score (nSPS) is 27.8. The van der Waals surface area contributed by atoms with Crippen molar-refractivity contribution in [2.24, 2.45) is 11.3 Å². The number of hydrogen-bond donors (Lipinski definition) is 2. The minimum atomic E-state index is -0.655. The zero-order valence-electron chi connectivity index (χ0n) is 14.9. The topological polar surface area (TPSA) is 59.6 Å². The maximum absolute atomic E-state index is 12.6. The van der Waals surface area contributed by atoms with Gasteiger partial charge in [-0.2, -0.15) is 0 Å². The molecule has 0 aromatic heterocycles. The Morgan fingerprint density at radius 1 is 1.35 bits per heavy atom. The van der Waals surface area contributed by atoms with E-state index in [2.05, 4.69) is 31.4 Å². The van der Waals surface area contributed by atoms with Crippen molar-refractivity contribution in [2.45, 2.75) is 58.2 Å². The lowest BCUT2D eigenvalue weighted by Crippen LogP contribution is -2.55. The van der Waals surface area contributed by atoms with Gasteiger partial charge >= 0.3 is 0 Å². The molecule has 5 nitrogen and oxygen atoms in total. The average Bonchev–Trinajstić information content (AvgIpc) is 2.52. The van der Waals surface area contributed by atoms with Crippen LogP contribution in [0.1, 0.15) is 46.5 Å². The van der Waals surface area contributed by atoms with Crippen molar-refractivity contribution in [3.63, 3.8) is 0 Å². The van der Waals surface area contributed by atoms with E-state index in [9.17, 15) is 4.79 Å². The van der Waals surface area contributed by atoms with Gasteiger partial charge in [-0.15, -0.1) is 12.4 Å². The third-order valence-corrected chi connectivity index (χ3v) is 5.04. The molecule has 0 bridgehead atoms. The number of rotatable bonds is 4. The number of ether oxygens (including phenoxy) is 2. The fourth-order valence-corrected chi connectivity index (χ4v) is 3.75. The fraction of sp³-hybridized carbons (Fsp3) is 0.941. The summed E-state index contributed by atoms with van der Waals surface area (Å²) in [5.41, 5.74) is -0.554. The van der Waals surface area contributed by atoms with Crippen LogP contribution >= 0.6 is 12.4 Å². The quantitative estimate of drug-likeness (QED) is 0.817. The number of methoxy groups -OCH3 is 1. The predicted molar refractivity (Wildman–Crippen MR) is 94.0 cm³/mol. The Hall–Kier alpha value is -0.360. The lowest BCUT2D eigenvalue weighted by Gasteiger charge is -2.41. The molecule has 0 saturated carbocycles. The number of halogens is 1. The molecule has 2 aliphatic rings. The van der Waals surface area contributed by atoms with E-state index in [0.717, 1.165) is 45.4 Å². The zero-order valence-corrected chi connectivity index (χ0v) is 15.8. The first kappa shape index (κ1) is 20.7. The van der Waals surface area contributed by atoms with Crippen LogP contribution in [0.3, 0.4) is 0 Å². The van der Waals surface area contributed by atoms with E-state index < -0.39 is 5.60 Å². The van der Waals surface area contributed by atoms with Gasteiger partial charge in [0.15, 0.2) is 0 Å². The summed E-state index contributed by atoms with van der Waals surface area (Å²) in [6.07, 6.45) is 3.86. The van der Waals surface area contributed by atoms with Gasteiger partial charge in [-0.1, -0.05) is 20.8 Å². The Kier molecular flexibility index (Phi) is 7.78. The molecule has 2 fully saturated rings. The summed E-state index contributed by atoms with van der Waals surface area (Å²) in [5, 5.41) is 6.43. The third kappa shape index (κ3) is 5.05. The van der Waals surface area contributed by atoms with Gasteiger partial charge in [0.05, 0.1) is 6.10 Å². The highest BCUT2D eigenvalue weighted by molar-refractivity contribution is 5.85. The molecular weight excluding hydrogens is 316 g/mol. The first-order chi connectivity index (χ1) is 10.4. The van der Waals surface area contributed by atoms with Gasteiger partial charge in [0.2, 0.25) is 0 Å². The summed E-state index contributed by atoms with van der Waals surface area (Å²) in [5.74, 6) is 0.419. The van der Waals surface area contributed by atoms with Crippen LogP contribution in [0.4, 0.5) is 0 Å². The highest BCUT2D eigenvalue weighted by atomic mass is 35.5. The van der Waals surface area contributed by atoms with Gasteiger partial charge in [-0.3, -0.25) is 4.79 Å². The Balaban J connectivity index is 0.00000264. The molecule has 2 unspecified atom stereocenters. The molecule has 0 spiro atoms. The Morgan fingerprint density at radius 2 is 2.00 bits per heavy atom. The summed E-state index contributed by atoms with van der Waals surface area (Å²) in [6.45, 7) is 9.81. The molecule has 2 rings (SSSR count). The van der Waals surface area contributed by atoms with Crippen molar-refractivity contribution in [1.82, 2.24) is 10.6 Å². The van der Waals surface area contributed by atoms with E-state index in [0.29, 0.717) is 12.5 Å². The molecule has 2 heterocycles. The minimum absolute atomic E-state index is 0. The number of hydrogen-bond acceptors (Lipinski definition) is 4. The van der Waals surface area contributed by atoms with E-state index in [-0.39, 0.29) is 29.8 Å². The van der Waals surface area contributed by atoms with E-state index in [4.69, 9.17) is 9.47 Å². The number of nitrogens with one attached hydrogen (secondary N) is 2. The highest BCUT2D eigenvalue weighted by Gasteiger charge is 2.41. The summed E-state index contributed by atoms with van der Waals surface area (Å²) in [4.78, 5) is 12.6. The van der Waals surface area contributed by atoms with Crippen molar-refractivity contribution in [1.29, 1.82) is 0 Å². The fourth-order valence-electron chi connectivity index (χ4n) is 3.75. The molecule has 0 aromatic rings. The van der Waals surface area contributed by atoms with Crippen LogP contribution in [0.2, 0.25) is 0 Å². The van der Waals surface area contributed by atoms with Crippen molar-refractivity contribution in [3.05, 3.63) is 0 Å². The van der Waals surface area contributed by atoms with Crippen molar-refractivity contribution in [2.75, 3.05) is 33.4 Å². The van der Waals surface area contributed by atoms with E-state index in [1.807, 2.05) is 0 Å². The van der Waals surface area contributed by atoms with Crippen LogP contribution in [-0.4, -0.2) is 51.0 Å². The van der Waals surface area contributed by atoms with Crippen molar-refractivity contribution < 1.29 is 14.3 Å². The molecule has 136 valence electrons. The lowest BCUT2D eigenvalue weighted by molar-refractivity contribution is -0.148. The second-order valence-corrected chi connectivity index (χ2v) is 7.72. The second-order valence-electron chi connectivity index (χ2n) is 7.72. The average molecular weight is 349 g/mol. The molecular formula is C17H33ClN2O3. The third-order valence-electron chi connectivity index (χ3n) is 5.04. The summed E-state index contributed by atoms with van der Waals surface area (Å²) in [7, 11) is 1.65. The minimum Gasteiger partial charge on any atom is -0.377 e. The lowest BCUT2D eigenvalue weighted by atomic mass is 9.78. The van der Waals surface area contributed by atoms with Crippen LogP contribution in [0.5, 0.6) is 0 Å². The molecule has 2 aliphatic heterocycles. The number of amides is 1. The first-order valence-corrected chi connectivity index (χ1v) is 8.55. The Morgan fingerprint density at radius 3 is 2.57 bits per heavy atom. The summed E-state index contributed by atoms with van der Waals surface area (Å²) in [6, 6.07) is 0. The van der Waals surface area contributed by atoms with Gasteiger partial charge in [-0.25, -0.2) is 0 Å². The Labute approximate surface area is 146 Å². The van der Waals surface area contributed by atoms with E-state index >= 15 is 0 Å². The van der Waals surface area contributed by atoms with Gasteiger partial charge in [-0.05, 0) is 44.2 Å². The maximum Gasteiger partial charge on any atom is 0.252 e. The van der Waals surface area contributed by atoms with Gasteiger partial charge in [0.1, 0.15) is 5.60 Å². The monoisotopic (exact) mass is 348 g/mol. The second kappa shape index (κ2) is 8.65. The standard InChI is InChI=1S/C17H32N2O3.ClH/c1-16(2,3)14-13(6-5-11-22-14)12-19-15(20)17(21-4)7-9-18-10-8-17;/h13-14,18H,5-12H2,1-4H3,(H,19,20);1H. The van der Waals surface area contributed by atoms with Crippen LogP contribution in [0.25, 0.3) is 0 Å². The predicted octanol–water partition coefficient (Wildman–Crippen LogP) is 2.13. The molecule has 2 atom stereocenters. The number of carbonyl (C=O) groups excluding carboxylic acids is 1. The summed E-state index contributed by atoms with van der Waals surface area (Å²) >= 11 is 0. The smallest absolute Gasteiger partial charge is 0.252 e. The highest BCUT2D eigenvalue weighted by Crippen LogP contribution is 2.34. The molecule has 6 heteroatoms. The maximum atomic E-state index is 12.6. The van der Waals surface area contributed by atoms with Crippen LogP contribution in [0.15, 0.2) is 0 Å². The van der Waals surface area contributed by atoms with Gasteiger partial charge < -0.3 is 20.1 Å². The molecule has 0 aliphatic carbocycles. The van der Waals surface area contributed by atoms with E-state index in [1.54, 1.807) is 7.11 Å². The molecule has 2 N–H and O–H groups in total. The van der Waals surface area contributed by atoms with Crippen LogP contribution < -0.4 is 10.6 Å². The number of carbonyl (C=O) groups is 1. The SMILES string of the molecule is COC1(C(=O)NCC2CCCOC2C(C)(C)C)CCNCC1.Cl. The summed E-state index contributed by atoms with van der Waals surface area (Å²) < 4.78 is 11.6. The number of piperidine rings is 1. The largest absolute Gasteiger partial charge is 0.377 e. The molecule has 23 heavy (non-hydrogen) atoms. The van der Waals surface area contributed by atoms with Crippen LogP contribution in [0, 0.1) is 11.3 Å². The van der Waals surface area contributed by atoms with Crippen molar-refractivity contribution in [3.8, 4) is 0 Å². The Bertz CT molecular complexity index is 379. The van der Waals surface area contributed by atoms with Gasteiger partial charge in [0.25, 0.3) is 5.91 Å². The van der Waals surface area contributed by atoms with Crippen molar-refractivity contribution >= 4 is 18.3 Å². The molecule has 0 radical (unpaired) electrons. The van der Waals surface area contributed by atoms with E-state index in [1.165, 1.54) is 0 Å². The first-order valence-electron chi connectivity index (χ1n) is 8.55. The molecule has 2 saturated heterocycles. The van der Waals surface area contributed by atoms with Gasteiger partial charge in [0, 0.05) is 26.2 Å². The molecule has 1 amide bonds. The van der Waals surface area contributed by atoms with Crippen LogP contribution in [-0.2, 0) is 14.3 Å².